The van der Waals surface area contributed by atoms with Gasteiger partial charge in [-0.15, -0.1) is 0 Å². The summed E-state index contributed by atoms with van der Waals surface area (Å²) in [5, 5.41) is 13.8. The first-order valence-electron chi connectivity index (χ1n) is 23.0. The molecule has 0 bridgehead atoms. The van der Waals surface area contributed by atoms with E-state index in [1.807, 2.05) is 39.4 Å². The number of nitrogens with zero attached hydrogens (tertiary/aromatic N) is 1. The summed E-state index contributed by atoms with van der Waals surface area (Å²) in [6.45, 7) is 4.63. The van der Waals surface area contributed by atoms with Crippen molar-refractivity contribution >= 4 is 13.7 Å². The number of amides is 1. The predicted molar refractivity (Wildman–Crippen MR) is 249 cm³/mol. The lowest BCUT2D eigenvalue weighted by molar-refractivity contribution is -0.870. The van der Waals surface area contributed by atoms with Gasteiger partial charge in [0, 0.05) is 6.42 Å². The third-order valence-corrected chi connectivity index (χ3v) is 10.6. The van der Waals surface area contributed by atoms with E-state index in [2.05, 4.69) is 79.9 Å². The molecule has 0 rings (SSSR count). The Hall–Kier alpha value is -2.32. The number of likely N-dealkylation sites (N-methyl/N-ethyl adjacent to an activating group) is 1. The number of quaternary nitrogens is 1. The molecule has 3 unspecified atom stereocenters. The van der Waals surface area contributed by atoms with E-state index < -0.39 is 20.0 Å². The zero-order chi connectivity index (χ0) is 42.8. The molecule has 3 atom stereocenters. The Labute approximate surface area is 356 Å². The zero-order valence-electron chi connectivity index (χ0n) is 37.8. The van der Waals surface area contributed by atoms with E-state index in [1.54, 1.807) is 6.08 Å². The Kier molecular flexibility index (Phi) is 38.5. The number of rotatable bonds is 40. The van der Waals surface area contributed by atoms with Gasteiger partial charge in [0.25, 0.3) is 0 Å². The smallest absolute Gasteiger partial charge is 0.387 e. The lowest BCUT2D eigenvalue weighted by atomic mass is 10.0. The van der Waals surface area contributed by atoms with Crippen LogP contribution in [0.15, 0.2) is 85.1 Å². The fraction of sp³-hybridized carbons (Fsp3) is 0.694. The number of carbonyl (C=O) groups is 1. The molecule has 0 radical (unpaired) electrons. The molecule has 0 heterocycles. The van der Waals surface area contributed by atoms with Gasteiger partial charge < -0.3 is 19.8 Å². The number of aliphatic hydroxyl groups excluding tert-OH is 1. The molecule has 1 amide bonds. The van der Waals surface area contributed by atoms with Gasteiger partial charge >= 0.3 is 7.82 Å². The number of aliphatic hydroxyl groups is 1. The summed E-state index contributed by atoms with van der Waals surface area (Å²) >= 11 is 0. The Morgan fingerprint density at radius 2 is 1.03 bits per heavy atom. The van der Waals surface area contributed by atoms with Gasteiger partial charge in [-0.25, -0.2) is 4.57 Å². The van der Waals surface area contributed by atoms with Gasteiger partial charge in [-0.1, -0.05) is 189 Å². The van der Waals surface area contributed by atoms with Crippen LogP contribution in [0.25, 0.3) is 0 Å². The molecular weight excluding hydrogens is 744 g/mol. The summed E-state index contributed by atoms with van der Waals surface area (Å²) in [6, 6.07) is -0.891. The molecule has 0 aromatic heterocycles. The maximum Gasteiger partial charge on any atom is 0.472 e. The van der Waals surface area contributed by atoms with Crippen molar-refractivity contribution in [1.82, 2.24) is 5.32 Å². The summed E-state index contributed by atoms with van der Waals surface area (Å²) in [5.74, 6) is -0.262. The van der Waals surface area contributed by atoms with Gasteiger partial charge in [-0.3, -0.25) is 13.8 Å². The second-order valence-electron chi connectivity index (χ2n) is 16.4. The zero-order valence-corrected chi connectivity index (χ0v) is 38.6. The topological polar surface area (TPSA) is 105 Å². The van der Waals surface area contributed by atoms with Crippen LogP contribution in [0.5, 0.6) is 0 Å². The Morgan fingerprint density at radius 3 is 1.48 bits per heavy atom. The average Bonchev–Trinajstić information content (AvgIpc) is 3.17. The van der Waals surface area contributed by atoms with Crippen molar-refractivity contribution in [3.63, 3.8) is 0 Å². The standard InChI is InChI=1S/C49H87N2O6P/c1-6-8-10-12-14-16-18-20-22-24-25-27-29-31-33-35-37-39-41-43-49(53)50-47(46-57-58(54,55)56-45-44-51(3,4)5)48(52)42-40-38-36-34-32-30-28-26-23-21-19-17-15-13-11-9-7-2/h8,10,14,16,20,22,25,27,31,33,37,39-40,42,47-48,52H,6-7,9,11-13,15,17-19,21,23-24,26,28-30,32,34-36,38,41,43-46H2,1-5H3,(H-,50,53,54,55)/p+1/b10-8-,16-14-,22-20-,27-25-,33-31-,39-37-,42-40+. The Morgan fingerprint density at radius 1 is 0.603 bits per heavy atom. The third kappa shape index (κ3) is 41.8. The Balaban J connectivity index is 4.56. The number of hydrogen-bond acceptors (Lipinski definition) is 5. The number of nitrogens with one attached hydrogen (secondary N) is 1. The molecule has 0 aromatic carbocycles. The molecule has 8 nitrogen and oxygen atoms in total. The first kappa shape index (κ1) is 55.7. The summed E-state index contributed by atoms with van der Waals surface area (Å²) in [6.07, 6.45) is 55.2. The molecule has 0 fully saturated rings. The number of phosphoric ester groups is 1. The quantitative estimate of drug-likeness (QED) is 0.0246. The normalized spacial score (nSPS) is 15.1. The Bertz CT molecular complexity index is 1220. The van der Waals surface area contributed by atoms with Gasteiger partial charge in [0.2, 0.25) is 5.91 Å². The molecule has 3 N–H and O–H groups in total. The molecule has 0 saturated carbocycles. The van der Waals surface area contributed by atoms with Crippen molar-refractivity contribution < 1.29 is 32.9 Å². The second kappa shape index (κ2) is 40.1. The number of hydrogen-bond donors (Lipinski definition) is 3. The summed E-state index contributed by atoms with van der Waals surface area (Å²) < 4.78 is 23.5. The number of allylic oxidation sites excluding steroid dienone is 13. The molecule has 0 aliphatic rings. The van der Waals surface area contributed by atoms with E-state index in [4.69, 9.17) is 9.05 Å². The van der Waals surface area contributed by atoms with Crippen LogP contribution in [0, 0.1) is 0 Å². The highest BCUT2D eigenvalue weighted by Gasteiger charge is 2.27. The van der Waals surface area contributed by atoms with E-state index >= 15 is 0 Å². The van der Waals surface area contributed by atoms with E-state index in [0.717, 1.165) is 57.8 Å². The molecule has 0 spiro atoms. The van der Waals surface area contributed by atoms with Crippen molar-refractivity contribution in [2.75, 3.05) is 40.9 Å². The number of carbonyl (C=O) groups excluding carboxylic acids is 1. The van der Waals surface area contributed by atoms with E-state index in [9.17, 15) is 19.4 Å². The monoisotopic (exact) mass is 832 g/mol. The summed E-state index contributed by atoms with van der Waals surface area (Å²) in [7, 11) is 1.51. The largest absolute Gasteiger partial charge is 0.472 e. The van der Waals surface area contributed by atoms with Crippen LogP contribution in [0.4, 0.5) is 0 Å². The van der Waals surface area contributed by atoms with Crippen molar-refractivity contribution in [3.05, 3.63) is 85.1 Å². The highest BCUT2D eigenvalue weighted by molar-refractivity contribution is 7.47. The molecular formula is C49H88N2O6P+. The van der Waals surface area contributed by atoms with E-state index in [0.29, 0.717) is 17.4 Å². The molecule has 0 aliphatic carbocycles. The van der Waals surface area contributed by atoms with Gasteiger partial charge in [-0.2, -0.15) is 0 Å². The van der Waals surface area contributed by atoms with Crippen molar-refractivity contribution in [1.29, 1.82) is 0 Å². The molecule has 9 heteroatoms. The molecule has 0 aliphatic heterocycles. The van der Waals surface area contributed by atoms with E-state index in [-0.39, 0.29) is 25.5 Å². The molecule has 0 aromatic rings. The minimum atomic E-state index is -4.36. The maximum absolute atomic E-state index is 12.8. The first-order chi connectivity index (χ1) is 28.0. The predicted octanol–water partition coefficient (Wildman–Crippen LogP) is 13.0. The summed E-state index contributed by atoms with van der Waals surface area (Å²) in [5.41, 5.74) is 0. The molecule has 58 heavy (non-hydrogen) atoms. The number of phosphoric acid groups is 1. The highest BCUT2D eigenvalue weighted by Crippen LogP contribution is 2.43. The van der Waals surface area contributed by atoms with Crippen molar-refractivity contribution in [2.24, 2.45) is 0 Å². The van der Waals surface area contributed by atoms with E-state index in [1.165, 1.54) is 83.5 Å². The molecule has 0 saturated heterocycles. The average molecular weight is 832 g/mol. The fourth-order valence-corrected chi connectivity index (χ4v) is 6.74. The van der Waals surface area contributed by atoms with Crippen LogP contribution in [0.2, 0.25) is 0 Å². The van der Waals surface area contributed by atoms with Crippen LogP contribution in [0.3, 0.4) is 0 Å². The lowest BCUT2D eigenvalue weighted by Crippen LogP contribution is -2.45. The van der Waals surface area contributed by atoms with Crippen molar-refractivity contribution in [2.45, 2.75) is 180 Å². The third-order valence-electron chi connectivity index (χ3n) is 9.63. The van der Waals surface area contributed by atoms with Gasteiger partial charge in [0.05, 0.1) is 39.9 Å². The highest BCUT2D eigenvalue weighted by atomic mass is 31.2. The summed E-state index contributed by atoms with van der Waals surface area (Å²) in [4.78, 5) is 23.1. The SMILES string of the molecule is CC/C=C\C/C=C\C/C=C\C/C=C\C/C=C\C/C=C\CCC(=O)NC(COP(=O)(O)OCC[N+](C)(C)C)C(O)/C=C/CCCCCCCCCCCCCCCCC. The first-order valence-corrected chi connectivity index (χ1v) is 24.5. The maximum atomic E-state index is 12.8. The van der Waals surface area contributed by atoms with Crippen LogP contribution >= 0.6 is 7.82 Å². The van der Waals surface area contributed by atoms with Crippen LogP contribution in [0.1, 0.15) is 168 Å². The van der Waals surface area contributed by atoms with Crippen LogP contribution < -0.4 is 5.32 Å². The van der Waals surface area contributed by atoms with Gasteiger partial charge in [-0.05, 0) is 57.8 Å². The minimum Gasteiger partial charge on any atom is -0.387 e. The minimum absolute atomic E-state index is 0.0436. The van der Waals surface area contributed by atoms with Crippen LogP contribution in [-0.2, 0) is 18.4 Å². The molecule has 334 valence electrons. The van der Waals surface area contributed by atoms with Gasteiger partial charge in [0.1, 0.15) is 13.2 Å². The number of unbranched alkanes of at least 4 members (excludes halogenated alkanes) is 15. The second-order valence-corrected chi connectivity index (χ2v) is 17.9. The van der Waals surface area contributed by atoms with Crippen LogP contribution in [-0.4, -0.2) is 73.4 Å². The fourth-order valence-electron chi connectivity index (χ4n) is 6.00. The lowest BCUT2D eigenvalue weighted by Gasteiger charge is -2.25. The van der Waals surface area contributed by atoms with Crippen molar-refractivity contribution in [3.8, 4) is 0 Å². The van der Waals surface area contributed by atoms with Gasteiger partial charge in [0.15, 0.2) is 0 Å².